The molecule has 0 aliphatic heterocycles. The Morgan fingerprint density at radius 1 is 1.00 bits per heavy atom. The molecule has 0 saturated carbocycles. The predicted octanol–water partition coefficient (Wildman–Crippen LogP) is 8.04. The van der Waals surface area contributed by atoms with Gasteiger partial charge in [-0.2, -0.15) is 4.57 Å². The van der Waals surface area contributed by atoms with E-state index < -0.39 is 12.7 Å². The molecule has 0 aliphatic rings. The Balaban J connectivity index is 1.84. The summed E-state index contributed by atoms with van der Waals surface area (Å²) in [6.07, 6.45) is 0. The van der Waals surface area contributed by atoms with Crippen molar-refractivity contribution in [2.45, 2.75) is 33.5 Å². The van der Waals surface area contributed by atoms with E-state index in [0.717, 1.165) is 44.4 Å². The first kappa shape index (κ1) is 16.7. The zero-order valence-electron chi connectivity index (χ0n) is 23.2. The van der Waals surface area contributed by atoms with E-state index in [0.29, 0.717) is 22.4 Å². The first-order valence-electron chi connectivity index (χ1n) is 12.9. The molecular weight excluding hydrogens is 404 g/mol. The highest BCUT2D eigenvalue weighted by Gasteiger charge is 2.24. The van der Waals surface area contributed by atoms with E-state index in [-0.39, 0.29) is 0 Å². The topological polar surface area (TPSA) is 21.4 Å². The van der Waals surface area contributed by atoms with Gasteiger partial charge in [-0.25, -0.2) is 4.85 Å². The molecule has 162 valence electrons. The summed E-state index contributed by atoms with van der Waals surface area (Å²) in [7, 11) is 1.92. The summed E-state index contributed by atoms with van der Waals surface area (Å²) < 4.78 is 41.0. The molecule has 1 atom stereocenters. The molecule has 5 rings (SSSR count). The van der Waals surface area contributed by atoms with Gasteiger partial charge < -0.3 is 4.42 Å². The second kappa shape index (κ2) is 7.90. The van der Waals surface area contributed by atoms with E-state index in [2.05, 4.69) is 4.85 Å². The zero-order valence-corrected chi connectivity index (χ0v) is 19.2. The van der Waals surface area contributed by atoms with Gasteiger partial charge >= 0.3 is 0 Å². The lowest BCUT2D eigenvalue weighted by Crippen LogP contribution is -2.35. The van der Waals surface area contributed by atoms with Gasteiger partial charge in [-0.1, -0.05) is 68.4 Å². The summed E-state index contributed by atoms with van der Waals surface area (Å²) in [5.74, 6) is -1.78. The van der Waals surface area contributed by atoms with Crippen LogP contribution in [0.25, 0.3) is 49.2 Å². The molecule has 0 aliphatic carbocycles. The van der Waals surface area contributed by atoms with Crippen molar-refractivity contribution >= 4 is 27.6 Å². The van der Waals surface area contributed by atoms with Crippen molar-refractivity contribution in [3.8, 4) is 22.4 Å². The van der Waals surface area contributed by atoms with Crippen LogP contribution in [0, 0.1) is 20.4 Å². The van der Waals surface area contributed by atoms with Gasteiger partial charge in [0.15, 0.2) is 5.69 Å². The Morgan fingerprint density at radius 2 is 1.73 bits per heavy atom. The highest BCUT2D eigenvalue weighted by atomic mass is 16.3. The van der Waals surface area contributed by atoms with Gasteiger partial charge in [-0.15, -0.1) is 0 Å². The van der Waals surface area contributed by atoms with Crippen LogP contribution in [0.4, 0.5) is 5.69 Å². The Bertz CT molecular complexity index is 1730. The van der Waals surface area contributed by atoms with Gasteiger partial charge in [0.1, 0.15) is 18.2 Å². The van der Waals surface area contributed by atoms with E-state index in [9.17, 15) is 0 Å². The lowest BCUT2D eigenvalue weighted by atomic mass is 9.96. The van der Waals surface area contributed by atoms with Gasteiger partial charge in [-0.05, 0) is 35.1 Å². The number of aryl methyl sites for hydroxylation is 2. The number of hydrogen-bond donors (Lipinski definition) is 0. The standard InChI is InChI=1S/C30H27N2O/c1-18(2)22-16-20(4)32(6)26(17-22)27-19(3)12-13-24-25-15-14-23(21-10-8-7-9-11-21)28(31-5)30(25)33-29(24)27/h7-18H,1-4,6H3/q+1/i1D3,18D. The number of rotatable bonds is 3. The van der Waals surface area contributed by atoms with Crippen molar-refractivity contribution in [3.05, 3.63) is 95.0 Å². The summed E-state index contributed by atoms with van der Waals surface area (Å²) in [6.45, 7) is 10.8. The lowest BCUT2D eigenvalue weighted by molar-refractivity contribution is -0.666. The quantitative estimate of drug-likeness (QED) is 0.208. The van der Waals surface area contributed by atoms with E-state index in [1.54, 1.807) is 12.1 Å². The number of benzene rings is 3. The first-order valence-corrected chi connectivity index (χ1v) is 10.9. The molecule has 0 amide bonds. The third kappa shape index (κ3) is 3.31. The molecule has 3 nitrogen and oxygen atoms in total. The molecule has 0 spiro atoms. The highest BCUT2D eigenvalue weighted by Crippen LogP contribution is 2.44. The van der Waals surface area contributed by atoms with Gasteiger partial charge in [0.2, 0.25) is 11.4 Å². The molecule has 0 saturated heterocycles. The molecular formula is C30H27N2O+. The molecule has 0 radical (unpaired) electrons. The minimum absolute atomic E-state index is 0.416. The Hall–Kier alpha value is -3.90. The molecule has 5 aromatic rings. The number of hydrogen-bond acceptors (Lipinski definition) is 1. The molecule has 0 N–H and O–H groups in total. The first-order chi connectivity index (χ1) is 17.5. The zero-order chi connectivity index (χ0) is 26.7. The number of aromatic nitrogens is 1. The summed E-state index contributed by atoms with van der Waals surface area (Å²) in [6, 6.07) is 21.3. The van der Waals surface area contributed by atoms with Crippen LogP contribution in [0.2, 0.25) is 0 Å². The average molecular weight is 436 g/mol. The normalized spacial score (nSPS) is 15.4. The van der Waals surface area contributed by atoms with Crippen LogP contribution in [0.5, 0.6) is 0 Å². The van der Waals surface area contributed by atoms with Crippen molar-refractivity contribution in [2.24, 2.45) is 7.05 Å². The Kier molecular flexibility index (Phi) is 4.00. The van der Waals surface area contributed by atoms with E-state index in [1.807, 2.05) is 80.1 Å². The fraction of sp³-hybridized carbons (Fsp3) is 0.200. The number of furan rings is 1. The highest BCUT2D eigenvalue weighted by molar-refractivity contribution is 6.14. The molecule has 3 aromatic carbocycles. The predicted molar refractivity (Wildman–Crippen MR) is 136 cm³/mol. The second-order valence-corrected chi connectivity index (χ2v) is 8.51. The van der Waals surface area contributed by atoms with Gasteiger partial charge in [0, 0.05) is 35.3 Å². The van der Waals surface area contributed by atoms with Crippen molar-refractivity contribution in [2.75, 3.05) is 0 Å². The monoisotopic (exact) mass is 435 g/mol. The van der Waals surface area contributed by atoms with Crippen molar-refractivity contribution < 1.29 is 14.5 Å². The third-order valence-electron chi connectivity index (χ3n) is 6.42. The number of fused-ring (bicyclic) bond motifs is 3. The van der Waals surface area contributed by atoms with Gasteiger partial charge in [-0.3, -0.25) is 0 Å². The maximum Gasteiger partial charge on any atom is 0.237 e. The molecule has 1 unspecified atom stereocenters. The number of pyridine rings is 1. The molecule has 2 heterocycles. The smallest absolute Gasteiger partial charge is 0.237 e. The maximum absolute atomic E-state index is 8.68. The average Bonchev–Trinajstić information content (AvgIpc) is 3.23. The van der Waals surface area contributed by atoms with Crippen LogP contribution in [0.3, 0.4) is 0 Å². The SMILES string of the molecule is [2H]C([2H])([2H])C([2H])(C)c1cc(C)[n+](C)c(-c2c(C)ccc3c2oc2c([N+]#[C-])c(-c4ccccc4)ccc23)c1. The fourth-order valence-electron chi connectivity index (χ4n) is 4.52. The Labute approximate surface area is 200 Å². The molecule has 33 heavy (non-hydrogen) atoms. The van der Waals surface area contributed by atoms with E-state index in [4.69, 9.17) is 16.5 Å². The molecule has 2 aromatic heterocycles. The van der Waals surface area contributed by atoms with Crippen LogP contribution in [0.15, 0.2) is 71.1 Å². The van der Waals surface area contributed by atoms with Crippen molar-refractivity contribution in [1.82, 2.24) is 0 Å². The van der Waals surface area contributed by atoms with Crippen LogP contribution < -0.4 is 4.57 Å². The van der Waals surface area contributed by atoms with Crippen molar-refractivity contribution in [1.29, 1.82) is 0 Å². The number of nitrogens with zero attached hydrogens (tertiary/aromatic N) is 2. The Morgan fingerprint density at radius 3 is 2.45 bits per heavy atom. The summed E-state index contributed by atoms with van der Waals surface area (Å²) in [4.78, 5) is 3.86. The largest absolute Gasteiger partial charge is 0.466 e. The van der Waals surface area contributed by atoms with Crippen LogP contribution in [-0.4, -0.2) is 0 Å². The van der Waals surface area contributed by atoms with Crippen LogP contribution in [-0.2, 0) is 7.05 Å². The minimum Gasteiger partial charge on any atom is -0.466 e. The lowest BCUT2D eigenvalue weighted by Gasteiger charge is -2.11. The minimum atomic E-state index is -2.49. The third-order valence-corrected chi connectivity index (χ3v) is 6.42. The summed E-state index contributed by atoms with van der Waals surface area (Å²) in [5, 5.41) is 1.73. The van der Waals surface area contributed by atoms with Gasteiger partial charge in [0.25, 0.3) is 0 Å². The van der Waals surface area contributed by atoms with E-state index >= 15 is 0 Å². The second-order valence-electron chi connectivity index (χ2n) is 8.51. The van der Waals surface area contributed by atoms with Gasteiger partial charge in [0.05, 0.1) is 12.1 Å². The van der Waals surface area contributed by atoms with Crippen LogP contribution >= 0.6 is 0 Å². The summed E-state index contributed by atoms with van der Waals surface area (Å²) in [5.41, 5.74) is 7.15. The molecule has 0 fully saturated rings. The fourth-order valence-corrected chi connectivity index (χ4v) is 4.52. The van der Waals surface area contributed by atoms with Crippen molar-refractivity contribution in [3.63, 3.8) is 0 Å². The van der Waals surface area contributed by atoms with E-state index in [1.165, 1.54) is 6.92 Å². The molecule has 0 bridgehead atoms. The van der Waals surface area contributed by atoms with Crippen LogP contribution in [0.1, 0.15) is 42.0 Å². The molecule has 3 heteroatoms. The summed E-state index contributed by atoms with van der Waals surface area (Å²) >= 11 is 0. The maximum atomic E-state index is 8.68.